The molecule has 0 aliphatic rings. The Morgan fingerprint density at radius 2 is 1.96 bits per heavy atom. The fraction of sp³-hybridized carbons (Fsp3) is 0.500. The molecular formula is C16H27IN4O2. The predicted molar refractivity (Wildman–Crippen MR) is 105 cm³/mol. The van der Waals surface area contributed by atoms with Crippen LogP contribution < -0.4 is 20.7 Å². The van der Waals surface area contributed by atoms with Gasteiger partial charge in [-0.3, -0.25) is 9.79 Å². The van der Waals surface area contributed by atoms with Gasteiger partial charge in [0.05, 0.1) is 7.11 Å². The fourth-order valence-electron chi connectivity index (χ4n) is 1.94. The van der Waals surface area contributed by atoms with Crippen LogP contribution in [0.5, 0.6) is 5.75 Å². The number of methoxy groups -OCH3 is 1. The summed E-state index contributed by atoms with van der Waals surface area (Å²) >= 11 is 0. The Morgan fingerprint density at radius 3 is 2.57 bits per heavy atom. The first-order valence-corrected chi connectivity index (χ1v) is 7.42. The Labute approximate surface area is 155 Å². The molecule has 1 aromatic carbocycles. The number of guanidine groups is 1. The number of nitrogens with one attached hydrogen (secondary N) is 3. The molecule has 0 aliphatic heterocycles. The molecule has 23 heavy (non-hydrogen) atoms. The molecule has 0 atom stereocenters. The molecule has 0 bridgehead atoms. The summed E-state index contributed by atoms with van der Waals surface area (Å²) in [4.78, 5) is 15.7. The van der Waals surface area contributed by atoms with Gasteiger partial charge in [0.15, 0.2) is 5.96 Å². The molecule has 130 valence electrons. The summed E-state index contributed by atoms with van der Waals surface area (Å²) < 4.78 is 5.31. The minimum absolute atomic E-state index is 0. The van der Waals surface area contributed by atoms with Crippen LogP contribution >= 0.6 is 24.0 Å². The molecule has 0 saturated carbocycles. The Bertz CT molecular complexity index is 507. The topological polar surface area (TPSA) is 74.8 Å². The first-order chi connectivity index (χ1) is 10.6. The molecule has 7 heteroatoms. The number of rotatable bonds is 7. The van der Waals surface area contributed by atoms with Crippen LogP contribution in [0, 0.1) is 0 Å². The summed E-state index contributed by atoms with van der Waals surface area (Å²) in [5.74, 6) is 1.52. The van der Waals surface area contributed by atoms with Crippen molar-refractivity contribution in [1.29, 1.82) is 0 Å². The fourth-order valence-corrected chi connectivity index (χ4v) is 1.94. The molecule has 0 saturated heterocycles. The number of benzene rings is 1. The molecule has 0 heterocycles. The number of nitrogens with zero attached hydrogens (tertiary/aromatic N) is 1. The molecule has 0 aromatic heterocycles. The normalized spacial score (nSPS) is 10.7. The van der Waals surface area contributed by atoms with Gasteiger partial charge in [0.2, 0.25) is 5.91 Å². The second-order valence-corrected chi connectivity index (χ2v) is 5.14. The molecule has 0 spiro atoms. The average Bonchev–Trinajstić information content (AvgIpc) is 2.50. The van der Waals surface area contributed by atoms with E-state index >= 15 is 0 Å². The Morgan fingerprint density at radius 1 is 1.26 bits per heavy atom. The smallest absolute Gasteiger partial charge is 0.221 e. The number of carbonyl (C=O) groups is 1. The third kappa shape index (κ3) is 8.63. The van der Waals surface area contributed by atoms with Crippen LogP contribution in [0.4, 0.5) is 0 Å². The molecule has 1 amide bonds. The standard InChI is InChI=1S/C16H26N4O2.HI/c1-12(2)20-15(21)9-10-18-16(17-3)19-11-13-7-5-6-8-14(13)22-4;/h5-8,12H,9-11H2,1-4H3,(H,20,21)(H2,17,18,19);1H. The van der Waals surface area contributed by atoms with E-state index in [1.54, 1.807) is 14.2 Å². The molecule has 1 aromatic rings. The highest BCUT2D eigenvalue weighted by Gasteiger charge is 2.05. The number of aliphatic imine (C=N–C) groups is 1. The van der Waals surface area contributed by atoms with Crippen LogP contribution in [0.15, 0.2) is 29.3 Å². The highest BCUT2D eigenvalue weighted by Crippen LogP contribution is 2.16. The van der Waals surface area contributed by atoms with Gasteiger partial charge in [0, 0.05) is 38.2 Å². The second kappa shape index (κ2) is 12.0. The number of hydrogen-bond acceptors (Lipinski definition) is 3. The van der Waals surface area contributed by atoms with E-state index in [4.69, 9.17) is 4.74 Å². The van der Waals surface area contributed by atoms with E-state index in [-0.39, 0.29) is 35.9 Å². The zero-order valence-electron chi connectivity index (χ0n) is 14.2. The zero-order chi connectivity index (χ0) is 16.4. The largest absolute Gasteiger partial charge is 0.496 e. The Hall–Kier alpha value is -1.51. The maximum atomic E-state index is 11.6. The Kier molecular flexibility index (Phi) is 11.2. The van der Waals surface area contributed by atoms with Crippen molar-refractivity contribution >= 4 is 35.8 Å². The summed E-state index contributed by atoms with van der Waals surface area (Å²) in [6.45, 7) is 5.02. The van der Waals surface area contributed by atoms with Crippen molar-refractivity contribution in [2.24, 2.45) is 4.99 Å². The van der Waals surface area contributed by atoms with E-state index in [0.717, 1.165) is 11.3 Å². The van der Waals surface area contributed by atoms with Crippen molar-refractivity contribution in [3.63, 3.8) is 0 Å². The highest BCUT2D eigenvalue weighted by atomic mass is 127. The number of ether oxygens (including phenoxy) is 1. The monoisotopic (exact) mass is 434 g/mol. The van der Waals surface area contributed by atoms with Gasteiger partial charge in [-0.15, -0.1) is 24.0 Å². The van der Waals surface area contributed by atoms with E-state index in [9.17, 15) is 4.79 Å². The third-order valence-electron chi connectivity index (χ3n) is 2.96. The van der Waals surface area contributed by atoms with Crippen LogP contribution in [-0.2, 0) is 11.3 Å². The van der Waals surface area contributed by atoms with Gasteiger partial charge in [-0.2, -0.15) is 0 Å². The van der Waals surface area contributed by atoms with E-state index in [0.29, 0.717) is 25.5 Å². The summed E-state index contributed by atoms with van der Waals surface area (Å²) in [5, 5.41) is 9.17. The average molecular weight is 434 g/mol. The van der Waals surface area contributed by atoms with Gasteiger partial charge in [0.25, 0.3) is 0 Å². The lowest BCUT2D eigenvalue weighted by Crippen LogP contribution is -2.39. The molecule has 6 nitrogen and oxygen atoms in total. The van der Waals surface area contributed by atoms with Crippen LogP contribution in [-0.4, -0.2) is 38.6 Å². The lowest BCUT2D eigenvalue weighted by atomic mass is 10.2. The number of para-hydroxylation sites is 1. The third-order valence-corrected chi connectivity index (χ3v) is 2.96. The van der Waals surface area contributed by atoms with Gasteiger partial charge in [0.1, 0.15) is 5.75 Å². The molecule has 0 radical (unpaired) electrons. The number of hydrogen-bond donors (Lipinski definition) is 3. The van der Waals surface area contributed by atoms with Crippen molar-refractivity contribution in [1.82, 2.24) is 16.0 Å². The van der Waals surface area contributed by atoms with Crippen molar-refractivity contribution in [2.45, 2.75) is 32.9 Å². The van der Waals surface area contributed by atoms with Crippen molar-refractivity contribution in [2.75, 3.05) is 20.7 Å². The van der Waals surface area contributed by atoms with E-state index < -0.39 is 0 Å². The number of halogens is 1. The zero-order valence-corrected chi connectivity index (χ0v) is 16.5. The number of carbonyl (C=O) groups excluding carboxylic acids is 1. The van der Waals surface area contributed by atoms with Gasteiger partial charge in [-0.25, -0.2) is 0 Å². The van der Waals surface area contributed by atoms with Crippen molar-refractivity contribution < 1.29 is 9.53 Å². The van der Waals surface area contributed by atoms with Crippen LogP contribution in [0.25, 0.3) is 0 Å². The highest BCUT2D eigenvalue weighted by molar-refractivity contribution is 14.0. The van der Waals surface area contributed by atoms with Gasteiger partial charge < -0.3 is 20.7 Å². The lowest BCUT2D eigenvalue weighted by Gasteiger charge is -2.14. The second-order valence-electron chi connectivity index (χ2n) is 5.14. The van der Waals surface area contributed by atoms with Crippen molar-refractivity contribution in [3.05, 3.63) is 29.8 Å². The van der Waals surface area contributed by atoms with E-state index in [1.165, 1.54) is 0 Å². The molecule has 1 rings (SSSR count). The number of amides is 1. The van der Waals surface area contributed by atoms with Gasteiger partial charge in [-0.1, -0.05) is 18.2 Å². The molecule has 0 unspecified atom stereocenters. The Balaban J connectivity index is 0.00000484. The predicted octanol–water partition coefficient (Wildman–Crippen LogP) is 1.89. The SMILES string of the molecule is CN=C(NCCC(=O)NC(C)C)NCc1ccccc1OC.I. The maximum absolute atomic E-state index is 11.6. The van der Waals surface area contributed by atoms with E-state index in [1.807, 2.05) is 38.1 Å². The molecule has 0 fully saturated rings. The minimum Gasteiger partial charge on any atom is -0.496 e. The minimum atomic E-state index is 0. The first kappa shape index (κ1) is 21.5. The quantitative estimate of drug-likeness (QED) is 0.348. The van der Waals surface area contributed by atoms with Gasteiger partial charge in [-0.05, 0) is 19.9 Å². The van der Waals surface area contributed by atoms with Crippen molar-refractivity contribution in [3.8, 4) is 5.75 Å². The summed E-state index contributed by atoms with van der Waals surface area (Å²) in [6, 6.07) is 7.98. The van der Waals surface area contributed by atoms with Crippen LogP contribution in [0.1, 0.15) is 25.8 Å². The lowest BCUT2D eigenvalue weighted by molar-refractivity contribution is -0.121. The van der Waals surface area contributed by atoms with E-state index in [2.05, 4.69) is 20.9 Å². The molecule has 3 N–H and O–H groups in total. The van der Waals surface area contributed by atoms with Crippen LogP contribution in [0.2, 0.25) is 0 Å². The van der Waals surface area contributed by atoms with Crippen LogP contribution in [0.3, 0.4) is 0 Å². The summed E-state index contributed by atoms with van der Waals surface area (Å²) in [7, 11) is 3.35. The summed E-state index contributed by atoms with van der Waals surface area (Å²) in [5.41, 5.74) is 1.05. The summed E-state index contributed by atoms with van der Waals surface area (Å²) in [6.07, 6.45) is 0.410. The molecular weight excluding hydrogens is 407 g/mol. The van der Waals surface area contributed by atoms with Gasteiger partial charge >= 0.3 is 0 Å². The maximum Gasteiger partial charge on any atom is 0.221 e. The molecule has 0 aliphatic carbocycles. The first-order valence-electron chi connectivity index (χ1n) is 7.42.